The molecule has 1 rings (SSSR count). The number of sulfone groups is 1. The predicted molar refractivity (Wildman–Crippen MR) is 76.7 cm³/mol. The van der Waals surface area contributed by atoms with Crippen LogP contribution in [0.1, 0.15) is 33.1 Å². The molecule has 0 saturated carbocycles. The van der Waals surface area contributed by atoms with Crippen molar-refractivity contribution >= 4 is 9.84 Å². The lowest BCUT2D eigenvalue weighted by molar-refractivity contribution is 0.191. The van der Waals surface area contributed by atoms with Gasteiger partial charge in [-0.2, -0.15) is 0 Å². The van der Waals surface area contributed by atoms with Gasteiger partial charge in [0.2, 0.25) is 0 Å². The third kappa shape index (κ3) is 6.16. The number of hydrogen-bond acceptors (Lipinski definition) is 4. The van der Waals surface area contributed by atoms with Gasteiger partial charge in [0.1, 0.15) is 0 Å². The van der Waals surface area contributed by atoms with Crippen LogP contribution in [-0.2, 0) is 9.84 Å². The number of likely N-dealkylation sites (tertiary alicyclic amines) is 1. The Bertz CT molecular complexity index is 309. The topological polar surface area (TPSA) is 49.4 Å². The zero-order valence-corrected chi connectivity index (χ0v) is 12.6. The van der Waals surface area contributed by atoms with Crippen molar-refractivity contribution in [2.24, 2.45) is 5.92 Å². The van der Waals surface area contributed by atoms with Crippen LogP contribution >= 0.6 is 0 Å². The third-order valence-corrected chi connectivity index (χ3v) is 5.41. The SMILES string of the molecule is CCCNCC1CCN(CCS(=O)(=O)CC)CC1. The molecule has 0 aromatic heterocycles. The van der Waals surface area contributed by atoms with E-state index in [-0.39, 0.29) is 5.75 Å². The molecule has 1 aliphatic heterocycles. The molecule has 1 N–H and O–H groups in total. The minimum Gasteiger partial charge on any atom is -0.316 e. The van der Waals surface area contributed by atoms with Gasteiger partial charge in [0.05, 0.1) is 5.75 Å². The lowest BCUT2D eigenvalue weighted by atomic mass is 9.97. The Balaban J connectivity index is 2.15. The third-order valence-electron chi connectivity index (χ3n) is 3.73. The minimum absolute atomic E-state index is 0.268. The predicted octanol–water partition coefficient (Wildman–Crippen LogP) is 1.13. The van der Waals surface area contributed by atoms with Crippen LogP contribution in [0.2, 0.25) is 0 Å². The molecule has 0 bridgehead atoms. The van der Waals surface area contributed by atoms with E-state index in [1.807, 2.05) is 0 Å². The van der Waals surface area contributed by atoms with Crippen molar-refractivity contribution in [1.82, 2.24) is 10.2 Å². The van der Waals surface area contributed by atoms with Crippen molar-refractivity contribution in [3.8, 4) is 0 Å². The Morgan fingerprint density at radius 3 is 2.44 bits per heavy atom. The van der Waals surface area contributed by atoms with E-state index in [2.05, 4.69) is 17.1 Å². The van der Waals surface area contributed by atoms with Crippen LogP contribution < -0.4 is 5.32 Å². The molecule has 0 aromatic carbocycles. The second-order valence-electron chi connectivity index (χ2n) is 5.23. The summed E-state index contributed by atoms with van der Waals surface area (Å²) in [5.41, 5.74) is 0. The molecular formula is C13H28N2O2S. The first-order valence-corrected chi connectivity index (χ1v) is 9.03. The Morgan fingerprint density at radius 1 is 1.22 bits per heavy atom. The van der Waals surface area contributed by atoms with Gasteiger partial charge in [-0.25, -0.2) is 8.42 Å². The summed E-state index contributed by atoms with van der Waals surface area (Å²) in [7, 11) is -2.80. The highest BCUT2D eigenvalue weighted by Gasteiger charge is 2.19. The van der Waals surface area contributed by atoms with E-state index in [1.54, 1.807) is 6.92 Å². The van der Waals surface area contributed by atoms with Crippen molar-refractivity contribution in [1.29, 1.82) is 0 Å². The molecule has 0 unspecified atom stereocenters. The second-order valence-corrected chi connectivity index (χ2v) is 7.70. The fourth-order valence-electron chi connectivity index (χ4n) is 2.31. The van der Waals surface area contributed by atoms with Crippen LogP contribution in [0.25, 0.3) is 0 Å². The quantitative estimate of drug-likeness (QED) is 0.675. The van der Waals surface area contributed by atoms with Crippen LogP contribution in [0.4, 0.5) is 0 Å². The first-order chi connectivity index (χ1) is 8.57. The average Bonchev–Trinajstić information content (AvgIpc) is 2.38. The van der Waals surface area contributed by atoms with Crippen LogP contribution in [0.3, 0.4) is 0 Å². The van der Waals surface area contributed by atoms with E-state index in [4.69, 9.17) is 0 Å². The molecule has 5 heteroatoms. The van der Waals surface area contributed by atoms with Crippen molar-refractivity contribution < 1.29 is 8.42 Å². The van der Waals surface area contributed by atoms with Crippen molar-refractivity contribution in [3.05, 3.63) is 0 Å². The lowest BCUT2D eigenvalue weighted by Gasteiger charge is -2.31. The summed E-state index contributed by atoms with van der Waals surface area (Å²) >= 11 is 0. The van der Waals surface area contributed by atoms with Gasteiger partial charge < -0.3 is 10.2 Å². The van der Waals surface area contributed by atoms with Gasteiger partial charge in [0.25, 0.3) is 0 Å². The van der Waals surface area contributed by atoms with Gasteiger partial charge in [-0.15, -0.1) is 0 Å². The van der Waals surface area contributed by atoms with E-state index in [0.717, 1.165) is 32.1 Å². The Labute approximate surface area is 112 Å². The molecule has 0 radical (unpaired) electrons. The molecule has 0 aromatic rings. The Kier molecular flexibility index (Phi) is 7.19. The summed E-state index contributed by atoms with van der Waals surface area (Å²) in [5, 5.41) is 3.47. The molecule has 1 fully saturated rings. The molecular weight excluding hydrogens is 248 g/mol. The van der Waals surface area contributed by atoms with Gasteiger partial charge in [-0.1, -0.05) is 13.8 Å². The Hall–Kier alpha value is -0.130. The monoisotopic (exact) mass is 276 g/mol. The maximum absolute atomic E-state index is 11.4. The number of hydrogen-bond donors (Lipinski definition) is 1. The van der Waals surface area contributed by atoms with Crippen molar-refractivity contribution in [2.45, 2.75) is 33.1 Å². The summed E-state index contributed by atoms with van der Waals surface area (Å²) < 4.78 is 22.9. The van der Waals surface area contributed by atoms with Gasteiger partial charge >= 0.3 is 0 Å². The standard InChI is InChI=1S/C13H28N2O2S/c1-3-7-14-12-13-5-8-15(9-6-13)10-11-18(16,17)4-2/h13-14H,3-12H2,1-2H3. The van der Waals surface area contributed by atoms with Crippen LogP contribution in [-0.4, -0.2) is 57.5 Å². The largest absolute Gasteiger partial charge is 0.316 e. The molecule has 1 aliphatic rings. The maximum Gasteiger partial charge on any atom is 0.151 e. The molecule has 4 nitrogen and oxygen atoms in total. The zero-order valence-electron chi connectivity index (χ0n) is 11.8. The number of nitrogens with zero attached hydrogens (tertiary/aromatic N) is 1. The zero-order chi connectivity index (χ0) is 13.4. The first-order valence-electron chi connectivity index (χ1n) is 7.21. The fraction of sp³-hybridized carbons (Fsp3) is 1.00. The molecule has 0 atom stereocenters. The minimum atomic E-state index is -2.80. The second kappa shape index (κ2) is 8.12. The average molecular weight is 276 g/mol. The summed E-state index contributed by atoms with van der Waals surface area (Å²) in [6, 6.07) is 0. The molecule has 108 valence electrons. The fourth-order valence-corrected chi connectivity index (χ4v) is 3.13. The summed E-state index contributed by atoms with van der Waals surface area (Å²) in [6.45, 7) is 8.95. The number of piperidine rings is 1. The van der Waals surface area contributed by atoms with Crippen molar-refractivity contribution in [3.63, 3.8) is 0 Å². The first kappa shape index (κ1) is 15.9. The molecule has 0 amide bonds. The highest BCUT2D eigenvalue weighted by molar-refractivity contribution is 7.91. The van der Waals surface area contributed by atoms with E-state index in [9.17, 15) is 8.42 Å². The highest BCUT2D eigenvalue weighted by atomic mass is 32.2. The molecule has 0 aliphatic carbocycles. The van der Waals surface area contributed by atoms with E-state index in [0.29, 0.717) is 12.3 Å². The van der Waals surface area contributed by atoms with Crippen LogP contribution in [0.15, 0.2) is 0 Å². The van der Waals surface area contributed by atoms with Crippen LogP contribution in [0.5, 0.6) is 0 Å². The smallest absolute Gasteiger partial charge is 0.151 e. The van der Waals surface area contributed by atoms with Gasteiger partial charge in [0, 0.05) is 12.3 Å². The van der Waals surface area contributed by atoms with E-state index >= 15 is 0 Å². The van der Waals surface area contributed by atoms with Gasteiger partial charge in [0.15, 0.2) is 9.84 Å². The highest BCUT2D eigenvalue weighted by Crippen LogP contribution is 2.16. The Morgan fingerprint density at radius 2 is 1.89 bits per heavy atom. The number of rotatable bonds is 8. The van der Waals surface area contributed by atoms with Crippen LogP contribution in [0, 0.1) is 5.92 Å². The molecule has 18 heavy (non-hydrogen) atoms. The molecule has 1 heterocycles. The summed E-state index contributed by atoms with van der Waals surface area (Å²) in [4.78, 5) is 2.30. The van der Waals surface area contributed by atoms with Gasteiger partial charge in [-0.05, 0) is 51.4 Å². The normalized spacial score (nSPS) is 19.2. The summed E-state index contributed by atoms with van der Waals surface area (Å²) in [5.74, 6) is 1.36. The lowest BCUT2D eigenvalue weighted by Crippen LogP contribution is -2.39. The van der Waals surface area contributed by atoms with Crippen molar-refractivity contribution in [2.75, 3.05) is 44.2 Å². The van der Waals surface area contributed by atoms with Gasteiger partial charge in [-0.3, -0.25) is 0 Å². The number of nitrogens with one attached hydrogen (secondary N) is 1. The molecule has 0 spiro atoms. The maximum atomic E-state index is 11.4. The van der Waals surface area contributed by atoms with E-state index in [1.165, 1.54) is 19.3 Å². The summed E-state index contributed by atoms with van der Waals surface area (Å²) in [6.07, 6.45) is 3.58. The molecule has 1 saturated heterocycles. The van der Waals surface area contributed by atoms with E-state index < -0.39 is 9.84 Å².